The lowest BCUT2D eigenvalue weighted by atomic mass is 10.1. The summed E-state index contributed by atoms with van der Waals surface area (Å²) >= 11 is 0. The number of furan rings is 1. The summed E-state index contributed by atoms with van der Waals surface area (Å²) in [6.45, 7) is 2.62. The molecule has 0 aliphatic carbocycles. The Labute approximate surface area is 112 Å². The van der Waals surface area contributed by atoms with Gasteiger partial charge in [-0.25, -0.2) is 4.79 Å². The van der Waals surface area contributed by atoms with Crippen LogP contribution in [0.1, 0.15) is 28.8 Å². The van der Waals surface area contributed by atoms with E-state index in [0.29, 0.717) is 18.3 Å². The van der Waals surface area contributed by atoms with Gasteiger partial charge in [0.15, 0.2) is 0 Å². The molecule has 0 spiro atoms. The van der Waals surface area contributed by atoms with Gasteiger partial charge in [-0.3, -0.25) is 0 Å². The molecule has 0 amide bonds. The van der Waals surface area contributed by atoms with Crippen molar-refractivity contribution in [3.8, 4) is 0 Å². The highest BCUT2D eigenvalue weighted by molar-refractivity contribution is 5.84. The second kappa shape index (κ2) is 6.20. The van der Waals surface area contributed by atoms with E-state index in [1.165, 1.54) is 11.6 Å². The van der Waals surface area contributed by atoms with E-state index >= 15 is 0 Å². The van der Waals surface area contributed by atoms with E-state index in [4.69, 9.17) is 9.52 Å². The summed E-state index contributed by atoms with van der Waals surface area (Å²) in [6.07, 6.45) is 0.924. The number of carbonyl (C=O) groups is 1. The molecule has 1 atom stereocenters. The van der Waals surface area contributed by atoms with Crippen molar-refractivity contribution < 1.29 is 14.3 Å². The van der Waals surface area contributed by atoms with E-state index in [1.54, 1.807) is 6.07 Å². The summed E-state index contributed by atoms with van der Waals surface area (Å²) in [5.74, 6) is -0.423. The predicted octanol–water partition coefficient (Wildman–Crippen LogP) is 2.70. The maximum absolute atomic E-state index is 10.7. The van der Waals surface area contributed by atoms with Gasteiger partial charge in [0.25, 0.3) is 0 Å². The minimum absolute atomic E-state index is 0.0208. The molecule has 4 heteroatoms. The predicted molar refractivity (Wildman–Crippen MR) is 72.1 cm³/mol. The van der Waals surface area contributed by atoms with Gasteiger partial charge >= 0.3 is 5.97 Å². The summed E-state index contributed by atoms with van der Waals surface area (Å²) in [7, 11) is 0. The maximum atomic E-state index is 10.7. The molecule has 0 aliphatic heterocycles. The Balaban J connectivity index is 1.83. The highest BCUT2D eigenvalue weighted by Crippen LogP contribution is 2.08. The summed E-state index contributed by atoms with van der Waals surface area (Å²) in [6, 6.07) is 13.7. The average molecular weight is 259 g/mol. The standard InChI is InChI=1S/C15H17NO3/c1-11(9-12-5-3-2-4-6-12)16-10-13-7-8-14(19-13)15(17)18/h2-8,11,16H,9-10H2,1H3,(H,17,18). The fraction of sp³-hybridized carbons (Fsp3) is 0.267. The quantitative estimate of drug-likeness (QED) is 0.837. The highest BCUT2D eigenvalue weighted by Gasteiger charge is 2.09. The Morgan fingerprint density at radius 2 is 2.00 bits per heavy atom. The smallest absolute Gasteiger partial charge is 0.371 e. The van der Waals surface area contributed by atoms with Crippen molar-refractivity contribution in [1.29, 1.82) is 0 Å². The molecule has 1 aromatic carbocycles. The van der Waals surface area contributed by atoms with Gasteiger partial charge < -0.3 is 14.8 Å². The van der Waals surface area contributed by atoms with Gasteiger partial charge in [0, 0.05) is 6.04 Å². The van der Waals surface area contributed by atoms with Crippen LogP contribution in [0.5, 0.6) is 0 Å². The number of hydrogen-bond donors (Lipinski definition) is 2. The molecule has 1 heterocycles. The van der Waals surface area contributed by atoms with Crippen LogP contribution in [0.2, 0.25) is 0 Å². The molecule has 0 radical (unpaired) electrons. The second-order valence-corrected chi connectivity index (χ2v) is 4.54. The van der Waals surface area contributed by atoms with E-state index in [0.717, 1.165) is 6.42 Å². The second-order valence-electron chi connectivity index (χ2n) is 4.54. The van der Waals surface area contributed by atoms with E-state index in [-0.39, 0.29) is 5.76 Å². The van der Waals surface area contributed by atoms with Gasteiger partial charge in [-0.15, -0.1) is 0 Å². The van der Waals surface area contributed by atoms with Crippen molar-refractivity contribution in [3.63, 3.8) is 0 Å². The van der Waals surface area contributed by atoms with Gasteiger partial charge in [0.05, 0.1) is 6.54 Å². The third-order valence-corrected chi connectivity index (χ3v) is 2.88. The molecule has 1 aromatic heterocycles. The third kappa shape index (κ3) is 3.96. The molecule has 2 N–H and O–H groups in total. The minimum atomic E-state index is -1.04. The molecule has 0 aliphatic rings. The Morgan fingerprint density at radius 3 is 2.63 bits per heavy atom. The zero-order valence-corrected chi connectivity index (χ0v) is 10.8. The van der Waals surface area contributed by atoms with Crippen LogP contribution in [-0.4, -0.2) is 17.1 Å². The van der Waals surface area contributed by atoms with Crippen LogP contribution >= 0.6 is 0 Å². The molecular weight excluding hydrogens is 242 g/mol. The molecule has 0 saturated heterocycles. The molecule has 0 saturated carbocycles. The van der Waals surface area contributed by atoms with Crippen molar-refractivity contribution >= 4 is 5.97 Å². The number of carboxylic acids is 1. The van der Waals surface area contributed by atoms with E-state index in [1.807, 2.05) is 18.2 Å². The molecule has 1 unspecified atom stereocenters. The summed E-state index contributed by atoms with van der Waals surface area (Å²) < 4.78 is 5.18. The van der Waals surface area contributed by atoms with E-state index < -0.39 is 5.97 Å². The fourth-order valence-corrected chi connectivity index (χ4v) is 1.90. The largest absolute Gasteiger partial charge is 0.475 e. The summed E-state index contributed by atoms with van der Waals surface area (Å²) in [5.41, 5.74) is 1.27. The van der Waals surface area contributed by atoms with Crippen LogP contribution < -0.4 is 5.32 Å². The molecule has 0 bridgehead atoms. The van der Waals surface area contributed by atoms with Crippen LogP contribution in [-0.2, 0) is 13.0 Å². The number of aromatic carboxylic acids is 1. The van der Waals surface area contributed by atoms with E-state index in [2.05, 4.69) is 24.4 Å². The average Bonchev–Trinajstić information content (AvgIpc) is 2.86. The van der Waals surface area contributed by atoms with Crippen LogP contribution in [0.15, 0.2) is 46.9 Å². The number of nitrogens with one attached hydrogen (secondary N) is 1. The maximum Gasteiger partial charge on any atom is 0.371 e. The highest BCUT2D eigenvalue weighted by atomic mass is 16.4. The SMILES string of the molecule is CC(Cc1ccccc1)NCc1ccc(C(=O)O)o1. The first-order valence-corrected chi connectivity index (χ1v) is 6.24. The number of rotatable bonds is 6. The zero-order valence-electron chi connectivity index (χ0n) is 10.8. The van der Waals surface area contributed by atoms with E-state index in [9.17, 15) is 4.79 Å². The van der Waals surface area contributed by atoms with Crippen LogP contribution in [0.25, 0.3) is 0 Å². The van der Waals surface area contributed by atoms with Crippen molar-refractivity contribution in [2.75, 3.05) is 0 Å². The first kappa shape index (κ1) is 13.4. The minimum Gasteiger partial charge on any atom is -0.475 e. The molecule has 19 heavy (non-hydrogen) atoms. The Bertz CT molecular complexity index is 533. The molecule has 0 fully saturated rings. The number of hydrogen-bond acceptors (Lipinski definition) is 3. The van der Waals surface area contributed by atoms with Gasteiger partial charge in [0.1, 0.15) is 5.76 Å². The van der Waals surface area contributed by atoms with Crippen molar-refractivity contribution in [2.24, 2.45) is 0 Å². The molecule has 100 valence electrons. The molecule has 2 aromatic rings. The van der Waals surface area contributed by atoms with Crippen molar-refractivity contribution in [1.82, 2.24) is 5.32 Å². The van der Waals surface area contributed by atoms with Crippen LogP contribution in [0.4, 0.5) is 0 Å². The normalized spacial score (nSPS) is 12.3. The summed E-state index contributed by atoms with van der Waals surface area (Å²) in [4.78, 5) is 10.7. The summed E-state index contributed by atoms with van der Waals surface area (Å²) in [5, 5.41) is 12.1. The van der Waals surface area contributed by atoms with Crippen molar-refractivity contribution in [3.05, 3.63) is 59.5 Å². The Kier molecular flexibility index (Phi) is 4.36. The zero-order chi connectivity index (χ0) is 13.7. The third-order valence-electron chi connectivity index (χ3n) is 2.88. The number of carboxylic acid groups (broad SMARTS) is 1. The molecule has 2 rings (SSSR count). The first-order chi connectivity index (χ1) is 9.15. The topological polar surface area (TPSA) is 62.5 Å². The van der Waals surface area contributed by atoms with Gasteiger partial charge in [-0.2, -0.15) is 0 Å². The van der Waals surface area contributed by atoms with Crippen LogP contribution in [0, 0.1) is 0 Å². The lowest BCUT2D eigenvalue weighted by Crippen LogP contribution is -2.27. The van der Waals surface area contributed by atoms with Gasteiger partial charge in [0.2, 0.25) is 5.76 Å². The lowest BCUT2D eigenvalue weighted by molar-refractivity contribution is 0.0660. The fourth-order valence-electron chi connectivity index (χ4n) is 1.90. The molecule has 4 nitrogen and oxygen atoms in total. The lowest BCUT2D eigenvalue weighted by Gasteiger charge is -2.12. The van der Waals surface area contributed by atoms with Gasteiger partial charge in [-0.05, 0) is 31.0 Å². The molecular formula is C15H17NO3. The Hall–Kier alpha value is -2.07. The van der Waals surface area contributed by atoms with Gasteiger partial charge in [-0.1, -0.05) is 30.3 Å². The first-order valence-electron chi connectivity index (χ1n) is 6.24. The van der Waals surface area contributed by atoms with Crippen molar-refractivity contribution in [2.45, 2.75) is 25.9 Å². The van der Waals surface area contributed by atoms with Crippen LogP contribution in [0.3, 0.4) is 0 Å². The Morgan fingerprint density at radius 1 is 1.26 bits per heavy atom. The monoisotopic (exact) mass is 259 g/mol. The number of benzene rings is 1.